The van der Waals surface area contributed by atoms with E-state index in [1.165, 1.54) is 0 Å². The van der Waals surface area contributed by atoms with Crippen LogP contribution in [0.3, 0.4) is 0 Å². The van der Waals surface area contributed by atoms with Gasteiger partial charge in [0, 0.05) is 17.1 Å². The van der Waals surface area contributed by atoms with Crippen LogP contribution in [0.15, 0.2) is 22.7 Å². The third kappa shape index (κ3) is 2.52. The fourth-order valence-corrected chi connectivity index (χ4v) is 2.95. The van der Waals surface area contributed by atoms with Crippen molar-refractivity contribution in [2.45, 2.75) is 19.4 Å². The van der Waals surface area contributed by atoms with Gasteiger partial charge in [-0.3, -0.25) is 4.79 Å². The largest absolute Gasteiger partial charge is 0.368 e. The molecule has 0 aromatic heterocycles. The van der Waals surface area contributed by atoms with Gasteiger partial charge in [0.15, 0.2) is 0 Å². The van der Waals surface area contributed by atoms with Crippen molar-refractivity contribution in [3.63, 3.8) is 0 Å². The fraction of sp³-hybridized carbons (Fsp3) is 0.462. The Balaban J connectivity index is 2.38. The molecule has 0 spiro atoms. The monoisotopic (exact) mass is 311 g/mol. The van der Waals surface area contributed by atoms with Crippen molar-refractivity contribution < 1.29 is 4.79 Å². The van der Waals surface area contributed by atoms with Gasteiger partial charge in [-0.05, 0) is 44.0 Å². The summed E-state index contributed by atoms with van der Waals surface area (Å²) < 4.78 is 0.950. The molecule has 0 bridgehead atoms. The molecule has 1 aromatic carbocycles. The molecule has 1 aliphatic heterocycles. The number of carbonyl (C=O) groups is 1. The lowest BCUT2D eigenvalue weighted by atomic mass is 10.1. The lowest BCUT2D eigenvalue weighted by Crippen LogP contribution is -2.30. The van der Waals surface area contributed by atoms with Crippen LogP contribution in [0.4, 0.5) is 5.69 Å². The summed E-state index contributed by atoms with van der Waals surface area (Å²) in [5.41, 5.74) is 12.7. The molecular formula is C13H18BrN3O. The molecule has 98 valence electrons. The van der Waals surface area contributed by atoms with E-state index in [1.807, 2.05) is 12.1 Å². The Kier molecular flexibility index (Phi) is 3.92. The van der Waals surface area contributed by atoms with E-state index < -0.39 is 0 Å². The molecule has 2 rings (SSSR count). The summed E-state index contributed by atoms with van der Waals surface area (Å²) in [6, 6.07) is 5.94. The van der Waals surface area contributed by atoms with Crippen LogP contribution in [0.2, 0.25) is 0 Å². The van der Waals surface area contributed by atoms with Crippen molar-refractivity contribution in [2.75, 3.05) is 18.0 Å². The van der Waals surface area contributed by atoms with Crippen molar-refractivity contribution in [1.82, 2.24) is 0 Å². The second-order valence-electron chi connectivity index (χ2n) is 4.86. The van der Waals surface area contributed by atoms with Gasteiger partial charge in [0.05, 0.1) is 11.3 Å². The zero-order valence-corrected chi connectivity index (χ0v) is 12.0. The third-order valence-electron chi connectivity index (χ3n) is 3.53. The van der Waals surface area contributed by atoms with E-state index in [4.69, 9.17) is 11.5 Å². The van der Waals surface area contributed by atoms with E-state index in [0.717, 1.165) is 23.1 Å². The van der Waals surface area contributed by atoms with E-state index >= 15 is 0 Å². The average molecular weight is 312 g/mol. The Hall–Kier alpha value is -1.07. The first kappa shape index (κ1) is 13.4. The van der Waals surface area contributed by atoms with Crippen LogP contribution in [0.5, 0.6) is 0 Å². The molecule has 1 aliphatic rings. The Labute approximate surface area is 115 Å². The molecule has 1 saturated heterocycles. The number of amides is 1. The molecule has 1 amide bonds. The van der Waals surface area contributed by atoms with Gasteiger partial charge < -0.3 is 16.4 Å². The van der Waals surface area contributed by atoms with Crippen molar-refractivity contribution in [1.29, 1.82) is 0 Å². The molecule has 0 aliphatic carbocycles. The highest BCUT2D eigenvalue weighted by molar-refractivity contribution is 9.10. The van der Waals surface area contributed by atoms with Crippen LogP contribution in [0.1, 0.15) is 23.7 Å². The summed E-state index contributed by atoms with van der Waals surface area (Å²) in [7, 11) is 0. The van der Waals surface area contributed by atoms with Crippen LogP contribution < -0.4 is 16.4 Å². The van der Waals surface area contributed by atoms with Gasteiger partial charge in [-0.25, -0.2) is 0 Å². The van der Waals surface area contributed by atoms with Crippen LogP contribution in [0.25, 0.3) is 0 Å². The maximum Gasteiger partial charge on any atom is 0.250 e. The first-order valence-electron chi connectivity index (χ1n) is 6.09. The Morgan fingerprint density at radius 1 is 1.56 bits per heavy atom. The molecule has 2 unspecified atom stereocenters. The lowest BCUT2D eigenvalue weighted by molar-refractivity contribution is 0.100. The highest BCUT2D eigenvalue weighted by Gasteiger charge is 2.30. The summed E-state index contributed by atoms with van der Waals surface area (Å²) >= 11 is 3.44. The standard InChI is InChI=1S/C13H18BrN3O/c1-8-4-9(6-15)7-17(8)12-5-10(14)2-3-11(12)13(16)18/h2-3,5,8-9H,4,6-7,15H2,1H3,(H2,16,18). The number of benzene rings is 1. The highest BCUT2D eigenvalue weighted by Crippen LogP contribution is 2.32. The molecule has 1 fully saturated rings. The molecule has 0 radical (unpaired) electrons. The molecule has 4 nitrogen and oxygen atoms in total. The predicted molar refractivity (Wildman–Crippen MR) is 76.6 cm³/mol. The minimum absolute atomic E-state index is 0.381. The minimum Gasteiger partial charge on any atom is -0.368 e. The Bertz CT molecular complexity index is 464. The number of hydrogen-bond acceptors (Lipinski definition) is 3. The number of carbonyl (C=O) groups excluding carboxylic acids is 1. The molecule has 2 atom stereocenters. The van der Waals surface area contributed by atoms with Crippen molar-refractivity contribution >= 4 is 27.5 Å². The van der Waals surface area contributed by atoms with E-state index in [9.17, 15) is 4.79 Å². The van der Waals surface area contributed by atoms with Gasteiger partial charge in [0.2, 0.25) is 0 Å². The number of rotatable bonds is 3. The maximum absolute atomic E-state index is 11.5. The summed E-state index contributed by atoms with van der Waals surface area (Å²) in [5.74, 6) is 0.0978. The van der Waals surface area contributed by atoms with Gasteiger partial charge in [0.1, 0.15) is 0 Å². The second kappa shape index (κ2) is 5.28. The van der Waals surface area contributed by atoms with E-state index in [-0.39, 0.29) is 5.91 Å². The molecular weight excluding hydrogens is 294 g/mol. The SMILES string of the molecule is CC1CC(CN)CN1c1cc(Br)ccc1C(N)=O. The topological polar surface area (TPSA) is 72.3 Å². The molecule has 0 saturated carbocycles. The summed E-state index contributed by atoms with van der Waals surface area (Å²) in [4.78, 5) is 13.7. The summed E-state index contributed by atoms with van der Waals surface area (Å²) in [6.45, 7) is 3.72. The first-order chi connectivity index (χ1) is 8.52. The van der Waals surface area contributed by atoms with Gasteiger partial charge in [0.25, 0.3) is 5.91 Å². The zero-order valence-electron chi connectivity index (χ0n) is 10.4. The summed E-state index contributed by atoms with van der Waals surface area (Å²) in [6.07, 6.45) is 1.06. The average Bonchev–Trinajstić information content (AvgIpc) is 2.70. The van der Waals surface area contributed by atoms with E-state index in [1.54, 1.807) is 6.07 Å². The first-order valence-corrected chi connectivity index (χ1v) is 6.88. The minimum atomic E-state index is -0.388. The normalized spacial score (nSPS) is 23.4. The van der Waals surface area contributed by atoms with Gasteiger partial charge in [-0.1, -0.05) is 15.9 Å². The van der Waals surface area contributed by atoms with Crippen LogP contribution in [0, 0.1) is 5.92 Å². The molecule has 4 N–H and O–H groups in total. The molecule has 18 heavy (non-hydrogen) atoms. The van der Waals surface area contributed by atoms with Crippen molar-refractivity contribution in [3.8, 4) is 0 Å². The summed E-state index contributed by atoms with van der Waals surface area (Å²) in [5, 5.41) is 0. The van der Waals surface area contributed by atoms with Gasteiger partial charge >= 0.3 is 0 Å². The predicted octanol–water partition coefficient (Wildman–Crippen LogP) is 1.72. The molecule has 1 heterocycles. The smallest absolute Gasteiger partial charge is 0.250 e. The number of halogens is 1. The number of hydrogen-bond donors (Lipinski definition) is 2. The molecule has 1 aromatic rings. The van der Waals surface area contributed by atoms with E-state index in [0.29, 0.717) is 24.1 Å². The number of nitrogens with zero attached hydrogens (tertiary/aromatic N) is 1. The second-order valence-corrected chi connectivity index (χ2v) is 5.78. The Morgan fingerprint density at radius 2 is 2.28 bits per heavy atom. The van der Waals surface area contributed by atoms with Crippen molar-refractivity contribution in [3.05, 3.63) is 28.2 Å². The quantitative estimate of drug-likeness (QED) is 0.892. The van der Waals surface area contributed by atoms with Gasteiger partial charge in [-0.15, -0.1) is 0 Å². The maximum atomic E-state index is 11.5. The van der Waals surface area contributed by atoms with Crippen LogP contribution in [-0.2, 0) is 0 Å². The molecule has 5 heteroatoms. The highest BCUT2D eigenvalue weighted by atomic mass is 79.9. The Morgan fingerprint density at radius 3 is 2.83 bits per heavy atom. The number of primary amides is 1. The van der Waals surface area contributed by atoms with Gasteiger partial charge in [-0.2, -0.15) is 0 Å². The number of nitrogens with two attached hydrogens (primary N) is 2. The zero-order chi connectivity index (χ0) is 13.3. The van der Waals surface area contributed by atoms with E-state index in [2.05, 4.69) is 27.8 Å². The van der Waals surface area contributed by atoms with Crippen molar-refractivity contribution in [2.24, 2.45) is 17.4 Å². The fourth-order valence-electron chi connectivity index (χ4n) is 2.60. The van der Waals surface area contributed by atoms with Crippen LogP contribution >= 0.6 is 15.9 Å². The third-order valence-corrected chi connectivity index (χ3v) is 4.02. The number of anilines is 1. The van der Waals surface area contributed by atoms with Crippen LogP contribution in [-0.4, -0.2) is 25.0 Å². The lowest BCUT2D eigenvalue weighted by Gasteiger charge is -2.26.